The number of aromatic nitrogens is 3. The highest BCUT2D eigenvalue weighted by Gasteiger charge is 2.57. The molecule has 1 saturated carbocycles. The van der Waals surface area contributed by atoms with Gasteiger partial charge >= 0.3 is 0 Å². The lowest BCUT2D eigenvalue weighted by molar-refractivity contribution is 0.542. The number of halogens is 1. The highest BCUT2D eigenvalue weighted by Crippen LogP contribution is 2.55. The second kappa shape index (κ2) is 8.46. The van der Waals surface area contributed by atoms with Crippen LogP contribution >= 0.6 is 0 Å². The largest absolute Gasteiger partial charge is 0.371 e. The Bertz CT molecular complexity index is 1260. The van der Waals surface area contributed by atoms with Crippen LogP contribution in [0.3, 0.4) is 0 Å². The number of hydrogen-bond donors (Lipinski definition) is 1. The summed E-state index contributed by atoms with van der Waals surface area (Å²) in [4.78, 5) is 2.22. The fourth-order valence-electron chi connectivity index (χ4n) is 5.85. The fraction of sp³-hybridized carbons (Fsp3) is 0.440. The van der Waals surface area contributed by atoms with Crippen molar-refractivity contribution >= 4 is 15.5 Å². The monoisotopic (exact) mass is 481 g/mol. The van der Waals surface area contributed by atoms with E-state index in [2.05, 4.69) is 25.0 Å². The Labute approximate surface area is 198 Å². The molecule has 2 aliphatic heterocycles. The second-order valence-electron chi connectivity index (χ2n) is 9.69. The average Bonchev–Trinajstić information content (AvgIpc) is 3.19. The topological polar surface area (TPSA) is 80.1 Å². The van der Waals surface area contributed by atoms with Crippen LogP contribution in [0, 0.1) is 17.7 Å². The molecule has 178 valence electrons. The van der Waals surface area contributed by atoms with Gasteiger partial charge in [0.2, 0.25) is 0 Å². The Morgan fingerprint density at radius 1 is 1.03 bits per heavy atom. The lowest BCUT2D eigenvalue weighted by Crippen LogP contribution is -2.39. The minimum Gasteiger partial charge on any atom is -0.371 e. The summed E-state index contributed by atoms with van der Waals surface area (Å²) in [6.07, 6.45) is 4.99. The molecule has 5 atom stereocenters. The highest BCUT2D eigenvalue weighted by molar-refractivity contribution is 7.92. The van der Waals surface area contributed by atoms with Crippen LogP contribution in [0.15, 0.2) is 61.2 Å². The molecule has 1 aliphatic carbocycles. The third kappa shape index (κ3) is 3.80. The van der Waals surface area contributed by atoms with Gasteiger partial charge in [-0.2, -0.15) is 0 Å². The smallest absolute Gasteiger partial charge is 0.173 e. The summed E-state index contributed by atoms with van der Waals surface area (Å²) in [5.74, 6) is 0.730. The zero-order valence-electron chi connectivity index (χ0n) is 18.8. The molecule has 1 N–H and O–H groups in total. The van der Waals surface area contributed by atoms with Crippen LogP contribution in [-0.4, -0.2) is 48.2 Å². The lowest BCUT2D eigenvalue weighted by Gasteiger charge is -2.24. The lowest BCUT2D eigenvalue weighted by atomic mass is 10.1. The molecule has 0 amide bonds. The van der Waals surface area contributed by atoms with E-state index in [9.17, 15) is 8.42 Å². The maximum absolute atomic E-state index is 15.2. The molecular weight excluding hydrogens is 453 g/mol. The molecule has 0 radical (unpaired) electrons. The zero-order valence-corrected chi connectivity index (χ0v) is 19.6. The van der Waals surface area contributed by atoms with Crippen LogP contribution in [0.1, 0.15) is 35.3 Å². The maximum atomic E-state index is 15.2. The second-order valence-corrected chi connectivity index (χ2v) is 12.0. The molecule has 3 heterocycles. The van der Waals surface area contributed by atoms with E-state index in [1.54, 1.807) is 24.8 Å². The normalized spacial score (nSPS) is 30.0. The molecule has 0 bridgehead atoms. The number of nitrogens with one attached hydrogen (secondary N) is 1. The molecule has 2 unspecified atom stereocenters. The fourth-order valence-corrected chi connectivity index (χ4v) is 8.04. The molecule has 7 nitrogen and oxygen atoms in total. The maximum Gasteiger partial charge on any atom is 0.173 e. The molecule has 3 aliphatic rings. The average molecular weight is 482 g/mol. The van der Waals surface area contributed by atoms with Gasteiger partial charge in [0.25, 0.3) is 0 Å². The Balaban J connectivity index is 1.16. The number of piperidine rings is 1. The van der Waals surface area contributed by atoms with Crippen LogP contribution in [0.4, 0.5) is 10.1 Å². The Hall–Kier alpha value is -2.78. The van der Waals surface area contributed by atoms with Crippen molar-refractivity contribution in [1.29, 1.82) is 0 Å². The van der Waals surface area contributed by atoms with Crippen molar-refractivity contribution in [3.63, 3.8) is 0 Å². The van der Waals surface area contributed by atoms with Gasteiger partial charge in [0.1, 0.15) is 23.8 Å². The van der Waals surface area contributed by atoms with Crippen molar-refractivity contribution in [2.24, 2.45) is 11.8 Å². The van der Waals surface area contributed by atoms with Crippen LogP contribution in [0.2, 0.25) is 0 Å². The van der Waals surface area contributed by atoms with Crippen molar-refractivity contribution < 1.29 is 12.8 Å². The zero-order chi connectivity index (χ0) is 23.3. The van der Waals surface area contributed by atoms with Crippen LogP contribution in [-0.2, 0) is 16.3 Å². The Morgan fingerprint density at radius 3 is 2.47 bits per heavy atom. The molecule has 1 aromatic heterocycles. The molecule has 3 fully saturated rings. The van der Waals surface area contributed by atoms with Crippen molar-refractivity contribution in [3.8, 4) is 0 Å². The van der Waals surface area contributed by atoms with Crippen LogP contribution in [0.25, 0.3) is 0 Å². The number of benzene rings is 2. The summed E-state index contributed by atoms with van der Waals surface area (Å²) in [5.41, 5.74) is 2.10. The Kier molecular flexibility index (Phi) is 5.41. The number of anilines is 1. The number of nitrogens with zero attached hydrogens (tertiary/aromatic N) is 4. The first kappa shape index (κ1) is 21.7. The summed E-state index contributed by atoms with van der Waals surface area (Å²) >= 11 is 0. The first-order chi connectivity index (χ1) is 16.5. The summed E-state index contributed by atoms with van der Waals surface area (Å²) in [7, 11) is -3.52. The van der Waals surface area contributed by atoms with E-state index >= 15 is 4.39 Å². The molecule has 0 spiro atoms. The third-order valence-electron chi connectivity index (χ3n) is 7.72. The van der Waals surface area contributed by atoms with E-state index in [1.807, 2.05) is 36.4 Å². The third-order valence-corrected chi connectivity index (χ3v) is 10.1. The van der Waals surface area contributed by atoms with E-state index in [-0.39, 0.29) is 12.2 Å². The van der Waals surface area contributed by atoms with Gasteiger partial charge in [-0.3, -0.25) is 0 Å². The SMILES string of the molecule is O=S1(=O)C(Cc2ccc(N3C[C@@H]4C(n5cnnc5)[C@@H]4C3)cc2F)NCCC[C@H]1c1ccccc1. The van der Waals surface area contributed by atoms with E-state index in [4.69, 9.17) is 0 Å². The summed E-state index contributed by atoms with van der Waals surface area (Å²) in [6, 6.07) is 15.0. The molecule has 3 aromatic rings. The molecule has 2 saturated heterocycles. The minimum absolute atomic E-state index is 0.124. The van der Waals surface area contributed by atoms with Gasteiger partial charge in [0.05, 0.1) is 5.25 Å². The number of rotatable bonds is 5. The van der Waals surface area contributed by atoms with E-state index in [0.717, 1.165) is 30.8 Å². The predicted octanol–water partition coefficient (Wildman–Crippen LogP) is 3.13. The van der Waals surface area contributed by atoms with Gasteiger partial charge < -0.3 is 14.8 Å². The minimum atomic E-state index is -3.52. The van der Waals surface area contributed by atoms with Gasteiger partial charge in [0.15, 0.2) is 9.84 Å². The Morgan fingerprint density at radius 2 is 1.76 bits per heavy atom. The van der Waals surface area contributed by atoms with Crippen molar-refractivity contribution in [2.75, 3.05) is 24.5 Å². The van der Waals surface area contributed by atoms with Gasteiger partial charge in [-0.05, 0) is 42.6 Å². The molecule has 2 aromatic carbocycles. The molecule has 6 rings (SSSR count). The van der Waals surface area contributed by atoms with Gasteiger partial charge in [-0.1, -0.05) is 36.4 Å². The van der Waals surface area contributed by atoms with E-state index < -0.39 is 20.5 Å². The van der Waals surface area contributed by atoms with Crippen molar-refractivity contribution in [1.82, 2.24) is 20.1 Å². The molecule has 34 heavy (non-hydrogen) atoms. The summed E-state index contributed by atoms with van der Waals surface area (Å²) in [5, 5.41) is 9.60. The van der Waals surface area contributed by atoms with Crippen molar-refractivity contribution in [2.45, 2.75) is 35.9 Å². The van der Waals surface area contributed by atoms with Gasteiger partial charge in [0, 0.05) is 43.1 Å². The quantitative estimate of drug-likeness (QED) is 0.603. The van der Waals surface area contributed by atoms with Crippen LogP contribution in [0.5, 0.6) is 0 Å². The number of fused-ring (bicyclic) bond motifs is 1. The van der Waals surface area contributed by atoms with E-state index in [1.165, 1.54) is 0 Å². The predicted molar refractivity (Wildman–Crippen MR) is 127 cm³/mol. The summed E-state index contributed by atoms with van der Waals surface area (Å²) in [6.45, 7) is 2.37. The highest BCUT2D eigenvalue weighted by atomic mass is 32.2. The summed E-state index contributed by atoms with van der Waals surface area (Å²) < 4.78 is 44.2. The van der Waals surface area contributed by atoms with Gasteiger partial charge in [-0.15, -0.1) is 10.2 Å². The standard InChI is InChI=1S/C25H28FN5O2S/c26-22-12-19(30-13-20-21(14-30)25(20)31-15-28-29-16-31)9-8-18(22)11-24-27-10-4-7-23(34(24,32)33)17-5-2-1-3-6-17/h1-3,5-6,8-9,12,15-16,20-21,23-25,27H,4,7,10-11,13-14H2/t20-,21+,23-,24?,25?/m0/s1. The van der Waals surface area contributed by atoms with Gasteiger partial charge in [-0.25, -0.2) is 12.8 Å². The number of sulfone groups is 1. The van der Waals surface area contributed by atoms with Crippen molar-refractivity contribution in [3.05, 3.63) is 78.1 Å². The molecule has 9 heteroatoms. The van der Waals surface area contributed by atoms with E-state index in [0.29, 0.717) is 36.4 Å². The first-order valence-electron chi connectivity index (χ1n) is 11.9. The van der Waals surface area contributed by atoms with Crippen LogP contribution < -0.4 is 10.2 Å². The first-order valence-corrected chi connectivity index (χ1v) is 13.5. The molecular formula is C25H28FN5O2S. The number of hydrogen-bond acceptors (Lipinski definition) is 6.